The molecule has 5 nitrogen and oxygen atoms in total. The maximum Gasteiger partial charge on any atom is 0.337 e. The minimum absolute atomic E-state index is 0.300. The van der Waals surface area contributed by atoms with E-state index < -0.39 is 0 Å². The van der Waals surface area contributed by atoms with Gasteiger partial charge in [0.2, 0.25) is 0 Å². The van der Waals surface area contributed by atoms with Gasteiger partial charge >= 0.3 is 5.97 Å². The number of carbonyl (C=O) groups excluding carboxylic acids is 1. The van der Waals surface area contributed by atoms with Gasteiger partial charge in [-0.25, -0.2) is 4.79 Å². The highest BCUT2D eigenvalue weighted by atomic mass is 16.5. The molecule has 120 valence electrons. The number of methoxy groups -OCH3 is 1. The maximum atomic E-state index is 11.7. The second kappa shape index (κ2) is 6.26. The number of carbonyl (C=O) groups is 1. The number of piperidine rings is 1. The van der Waals surface area contributed by atoms with Gasteiger partial charge in [0.15, 0.2) is 0 Å². The predicted molar refractivity (Wildman–Crippen MR) is 85.2 cm³/mol. The van der Waals surface area contributed by atoms with Crippen molar-refractivity contribution in [2.75, 3.05) is 38.7 Å². The molecule has 0 radical (unpaired) electrons. The summed E-state index contributed by atoms with van der Waals surface area (Å²) in [6, 6.07) is 6.09. The largest absolute Gasteiger partial charge is 0.465 e. The maximum absolute atomic E-state index is 11.7. The molecule has 22 heavy (non-hydrogen) atoms. The van der Waals surface area contributed by atoms with Gasteiger partial charge in [0.1, 0.15) is 0 Å². The van der Waals surface area contributed by atoms with Crippen molar-refractivity contribution in [2.24, 2.45) is 5.41 Å². The van der Waals surface area contributed by atoms with Crippen molar-refractivity contribution in [3.8, 4) is 0 Å². The third kappa shape index (κ3) is 2.83. The van der Waals surface area contributed by atoms with Crippen molar-refractivity contribution >= 4 is 11.7 Å². The molecule has 2 saturated heterocycles. The molecule has 2 aliphatic rings. The van der Waals surface area contributed by atoms with Crippen molar-refractivity contribution in [1.82, 2.24) is 5.32 Å². The molecule has 0 saturated carbocycles. The van der Waals surface area contributed by atoms with Crippen LogP contribution in [0.5, 0.6) is 0 Å². The van der Waals surface area contributed by atoms with Gasteiger partial charge in [-0.1, -0.05) is 6.07 Å². The molecule has 2 heterocycles. The molecule has 2 fully saturated rings. The molecular formula is C17H24N2O3. The van der Waals surface area contributed by atoms with E-state index in [9.17, 15) is 4.79 Å². The molecular weight excluding hydrogens is 280 g/mol. The summed E-state index contributed by atoms with van der Waals surface area (Å²) >= 11 is 0. The van der Waals surface area contributed by atoms with E-state index in [1.165, 1.54) is 19.1 Å². The number of anilines is 1. The number of rotatable bonds is 4. The van der Waals surface area contributed by atoms with E-state index in [-0.39, 0.29) is 5.97 Å². The number of benzene rings is 1. The van der Waals surface area contributed by atoms with E-state index >= 15 is 0 Å². The first-order valence-electron chi connectivity index (χ1n) is 7.95. The van der Waals surface area contributed by atoms with E-state index in [0.717, 1.165) is 38.4 Å². The molecule has 2 N–H and O–H groups in total. The lowest BCUT2D eigenvalue weighted by molar-refractivity contribution is -0.134. The van der Waals surface area contributed by atoms with Crippen LogP contribution in [0.2, 0.25) is 0 Å². The summed E-state index contributed by atoms with van der Waals surface area (Å²) in [5.74, 6) is -0.300. The van der Waals surface area contributed by atoms with E-state index in [2.05, 4.69) is 17.6 Å². The Morgan fingerprint density at radius 2 is 2.32 bits per heavy atom. The lowest BCUT2D eigenvalue weighted by Gasteiger charge is -2.47. The number of hydrogen-bond donors (Lipinski definition) is 2. The third-order valence-electron chi connectivity index (χ3n) is 4.72. The highest BCUT2D eigenvalue weighted by Crippen LogP contribution is 2.44. The van der Waals surface area contributed by atoms with E-state index in [1.807, 2.05) is 18.2 Å². The monoisotopic (exact) mass is 304 g/mol. The molecule has 0 aliphatic carbocycles. The molecule has 1 spiro atoms. The van der Waals surface area contributed by atoms with Crippen LogP contribution < -0.4 is 10.6 Å². The molecule has 0 bridgehead atoms. The van der Waals surface area contributed by atoms with E-state index in [1.54, 1.807) is 0 Å². The quantitative estimate of drug-likeness (QED) is 0.836. The van der Waals surface area contributed by atoms with Gasteiger partial charge in [-0.3, -0.25) is 0 Å². The van der Waals surface area contributed by atoms with Gasteiger partial charge in [-0.2, -0.15) is 0 Å². The van der Waals surface area contributed by atoms with Gasteiger partial charge in [0, 0.05) is 23.7 Å². The molecule has 1 aromatic rings. The Kier molecular flexibility index (Phi) is 4.36. The fourth-order valence-corrected chi connectivity index (χ4v) is 3.44. The molecule has 1 atom stereocenters. The zero-order valence-corrected chi connectivity index (χ0v) is 13.3. The Bertz CT molecular complexity index is 555. The fourth-order valence-electron chi connectivity index (χ4n) is 3.44. The summed E-state index contributed by atoms with van der Waals surface area (Å²) in [4.78, 5) is 11.7. The highest BCUT2D eigenvalue weighted by Gasteiger charge is 2.43. The van der Waals surface area contributed by atoms with Crippen molar-refractivity contribution in [1.29, 1.82) is 0 Å². The summed E-state index contributed by atoms with van der Waals surface area (Å²) in [6.07, 6.45) is 2.27. The fraction of sp³-hybridized carbons (Fsp3) is 0.588. The van der Waals surface area contributed by atoms with Crippen LogP contribution in [-0.2, 0) is 9.47 Å². The van der Waals surface area contributed by atoms with Gasteiger partial charge < -0.3 is 20.1 Å². The average molecular weight is 304 g/mol. The van der Waals surface area contributed by atoms with Crippen LogP contribution in [0.3, 0.4) is 0 Å². The van der Waals surface area contributed by atoms with Crippen LogP contribution in [-0.4, -0.2) is 39.4 Å². The Morgan fingerprint density at radius 3 is 2.95 bits per heavy atom. The Balaban J connectivity index is 1.86. The number of esters is 1. The zero-order valence-electron chi connectivity index (χ0n) is 13.3. The minimum atomic E-state index is -0.300. The van der Waals surface area contributed by atoms with Gasteiger partial charge in [-0.05, 0) is 44.0 Å². The van der Waals surface area contributed by atoms with Crippen molar-refractivity contribution in [2.45, 2.75) is 25.8 Å². The second-order valence-electron chi connectivity index (χ2n) is 6.28. The van der Waals surface area contributed by atoms with Gasteiger partial charge in [-0.15, -0.1) is 0 Å². The second-order valence-corrected chi connectivity index (χ2v) is 6.28. The van der Waals surface area contributed by atoms with Crippen LogP contribution in [0.1, 0.15) is 41.7 Å². The van der Waals surface area contributed by atoms with Crippen LogP contribution >= 0.6 is 0 Å². The first kappa shape index (κ1) is 15.3. The van der Waals surface area contributed by atoms with Crippen LogP contribution in [0.15, 0.2) is 18.2 Å². The predicted octanol–water partition coefficient (Wildman–Crippen LogP) is 2.35. The van der Waals surface area contributed by atoms with Gasteiger partial charge in [0.05, 0.1) is 25.9 Å². The first-order valence-corrected chi connectivity index (χ1v) is 7.95. The summed E-state index contributed by atoms with van der Waals surface area (Å²) in [7, 11) is 1.41. The lowest BCUT2D eigenvalue weighted by Crippen LogP contribution is -2.50. The first-order chi connectivity index (χ1) is 10.7. The summed E-state index contributed by atoms with van der Waals surface area (Å²) in [5, 5.41) is 6.99. The Morgan fingerprint density at radius 1 is 1.50 bits per heavy atom. The van der Waals surface area contributed by atoms with Gasteiger partial charge in [0.25, 0.3) is 0 Å². The molecule has 5 heteroatoms. The summed E-state index contributed by atoms with van der Waals surface area (Å²) < 4.78 is 10.3. The molecule has 3 rings (SSSR count). The van der Waals surface area contributed by atoms with Crippen LogP contribution in [0.25, 0.3) is 0 Å². The number of hydrogen-bond acceptors (Lipinski definition) is 5. The zero-order chi connectivity index (χ0) is 15.6. The minimum Gasteiger partial charge on any atom is -0.465 e. The smallest absolute Gasteiger partial charge is 0.337 e. The van der Waals surface area contributed by atoms with Crippen LogP contribution in [0.4, 0.5) is 5.69 Å². The topological polar surface area (TPSA) is 59.6 Å². The van der Waals surface area contributed by atoms with E-state index in [0.29, 0.717) is 17.0 Å². The average Bonchev–Trinajstić information content (AvgIpc) is 2.53. The molecule has 1 aromatic carbocycles. The highest BCUT2D eigenvalue weighted by molar-refractivity contribution is 5.90. The standard InChI is InChI=1S/C17H24N2O3/c1-3-18-14-8-12(16(20)21-2)4-5-13(14)15-9-17(6-7-19-15)10-22-11-17/h4-5,8,15,18-19H,3,6-7,9-11H2,1-2H3. The third-order valence-corrected chi connectivity index (χ3v) is 4.72. The molecule has 1 unspecified atom stereocenters. The summed E-state index contributed by atoms with van der Waals surface area (Å²) in [6.45, 7) is 5.64. The summed E-state index contributed by atoms with van der Waals surface area (Å²) in [5.41, 5.74) is 3.17. The molecule has 2 aliphatic heterocycles. The lowest BCUT2D eigenvalue weighted by atomic mass is 9.73. The normalized spacial score (nSPS) is 22.9. The van der Waals surface area contributed by atoms with Crippen LogP contribution in [0, 0.1) is 5.41 Å². The van der Waals surface area contributed by atoms with Crippen molar-refractivity contribution < 1.29 is 14.3 Å². The molecule has 0 amide bonds. The van der Waals surface area contributed by atoms with Crippen molar-refractivity contribution in [3.63, 3.8) is 0 Å². The Labute approximate surface area is 131 Å². The molecule has 0 aromatic heterocycles. The SMILES string of the molecule is CCNc1cc(C(=O)OC)ccc1C1CC2(CCN1)COC2. The number of ether oxygens (including phenoxy) is 2. The Hall–Kier alpha value is -1.59. The van der Waals surface area contributed by atoms with Crippen molar-refractivity contribution in [3.05, 3.63) is 29.3 Å². The van der Waals surface area contributed by atoms with E-state index in [4.69, 9.17) is 9.47 Å². The number of nitrogens with one attached hydrogen (secondary N) is 2.